The minimum atomic E-state index is -0.318. The topological polar surface area (TPSA) is 87.5 Å². The average molecular weight is 537 g/mol. The lowest BCUT2D eigenvalue weighted by Gasteiger charge is -2.34. The van der Waals surface area contributed by atoms with Crippen LogP contribution in [0.1, 0.15) is 61.1 Å². The van der Waals surface area contributed by atoms with Gasteiger partial charge in [-0.05, 0) is 92.0 Å². The van der Waals surface area contributed by atoms with Gasteiger partial charge in [-0.3, -0.25) is 4.79 Å². The molecular formula is C33H36N4O3. The van der Waals surface area contributed by atoms with Crippen LogP contribution in [0.5, 0.6) is 0 Å². The van der Waals surface area contributed by atoms with Crippen molar-refractivity contribution in [2.75, 3.05) is 6.54 Å². The molecule has 4 aromatic rings. The van der Waals surface area contributed by atoms with Gasteiger partial charge in [0.15, 0.2) is 5.58 Å². The van der Waals surface area contributed by atoms with E-state index < -0.39 is 0 Å². The standard InChI is InChI=1S/C33H36N4O3/c1-20-26-16-22(11-13-30(26)40-36-20)24-12-10-23(18-34-31(38)28-17-27(28)21-8-6-5-7-9-21)29-19-37(15-14-25(24)29)32(39)35-33(2,3)4/h5-13,16,27-28H,14-15,17-19H2,1-4H3,(H,34,38)(H,35,39)/t27-,28+/m0/s1. The summed E-state index contributed by atoms with van der Waals surface area (Å²) in [4.78, 5) is 28.1. The van der Waals surface area contributed by atoms with Crippen LogP contribution >= 0.6 is 0 Å². The Labute approximate surface area is 234 Å². The van der Waals surface area contributed by atoms with Crippen molar-refractivity contribution in [3.05, 3.63) is 88.6 Å². The number of aryl methyl sites for hydroxylation is 1. The predicted octanol–water partition coefficient (Wildman–Crippen LogP) is 6.09. The molecule has 0 bridgehead atoms. The van der Waals surface area contributed by atoms with Crippen molar-refractivity contribution in [3.8, 4) is 11.1 Å². The van der Waals surface area contributed by atoms with Gasteiger partial charge in [-0.15, -0.1) is 0 Å². The zero-order valence-electron chi connectivity index (χ0n) is 23.6. The van der Waals surface area contributed by atoms with Crippen LogP contribution in [0.4, 0.5) is 4.79 Å². The third-order valence-electron chi connectivity index (χ3n) is 8.05. The minimum Gasteiger partial charge on any atom is -0.356 e. The number of urea groups is 1. The molecule has 1 aliphatic heterocycles. The van der Waals surface area contributed by atoms with Gasteiger partial charge >= 0.3 is 6.03 Å². The quantitative estimate of drug-likeness (QED) is 0.323. The SMILES string of the molecule is Cc1noc2ccc(-c3ccc(CNC(=O)[C@@H]4C[C@H]4c4ccccc4)c4c3CCN(C(=O)NC(C)(C)C)C4)cc12. The van der Waals surface area contributed by atoms with E-state index in [1.54, 1.807) is 0 Å². The van der Waals surface area contributed by atoms with Gasteiger partial charge in [0.1, 0.15) is 0 Å². The maximum absolute atomic E-state index is 13.1. The van der Waals surface area contributed by atoms with Gasteiger partial charge in [0.2, 0.25) is 5.91 Å². The lowest BCUT2D eigenvalue weighted by atomic mass is 9.87. The maximum atomic E-state index is 13.1. The van der Waals surface area contributed by atoms with Crippen molar-refractivity contribution < 1.29 is 14.1 Å². The van der Waals surface area contributed by atoms with E-state index in [9.17, 15) is 9.59 Å². The van der Waals surface area contributed by atoms with Gasteiger partial charge in [-0.1, -0.05) is 53.7 Å². The molecule has 2 heterocycles. The fourth-order valence-corrected chi connectivity index (χ4v) is 5.84. The molecule has 0 saturated heterocycles. The van der Waals surface area contributed by atoms with Crippen LogP contribution in [0, 0.1) is 12.8 Å². The molecule has 206 valence electrons. The van der Waals surface area contributed by atoms with Crippen LogP contribution in [0.15, 0.2) is 65.2 Å². The van der Waals surface area contributed by atoms with Crippen molar-refractivity contribution in [3.63, 3.8) is 0 Å². The Bertz CT molecular complexity index is 1580. The highest BCUT2D eigenvalue weighted by atomic mass is 16.5. The largest absolute Gasteiger partial charge is 0.356 e. The highest BCUT2D eigenvalue weighted by Crippen LogP contribution is 2.47. The first kappa shape index (κ1) is 26.1. The summed E-state index contributed by atoms with van der Waals surface area (Å²) < 4.78 is 5.42. The second kappa shape index (κ2) is 10.1. The number of rotatable bonds is 5. The normalized spacial score (nSPS) is 18.4. The minimum absolute atomic E-state index is 0.0186. The molecule has 7 nitrogen and oxygen atoms in total. The molecule has 1 saturated carbocycles. The van der Waals surface area contributed by atoms with Crippen LogP contribution in [-0.4, -0.2) is 34.1 Å². The van der Waals surface area contributed by atoms with Crippen molar-refractivity contribution >= 4 is 22.9 Å². The number of fused-ring (bicyclic) bond motifs is 2. The Morgan fingerprint density at radius 2 is 1.85 bits per heavy atom. The third kappa shape index (κ3) is 5.20. The van der Waals surface area contributed by atoms with E-state index in [0.717, 1.165) is 51.8 Å². The molecule has 40 heavy (non-hydrogen) atoms. The van der Waals surface area contributed by atoms with E-state index in [2.05, 4.69) is 52.2 Å². The number of amides is 3. The van der Waals surface area contributed by atoms with Crippen molar-refractivity contribution in [2.45, 2.75) is 65.1 Å². The van der Waals surface area contributed by atoms with E-state index in [4.69, 9.17) is 4.52 Å². The molecule has 3 amide bonds. The summed E-state index contributed by atoms with van der Waals surface area (Å²) in [7, 11) is 0. The molecule has 7 heteroatoms. The maximum Gasteiger partial charge on any atom is 0.318 e. The summed E-state index contributed by atoms with van der Waals surface area (Å²) in [5.74, 6) is 0.410. The molecule has 3 aromatic carbocycles. The van der Waals surface area contributed by atoms with E-state index in [1.165, 1.54) is 11.1 Å². The van der Waals surface area contributed by atoms with Crippen LogP contribution in [0.2, 0.25) is 0 Å². The third-order valence-corrected chi connectivity index (χ3v) is 8.05. The van der Waals surface area contributed by atoms with E-state index in [-0.39, 0.29) is 23.4 Å². The number of aromatic nitrogens is 1. The van der Waals surface area contributed by atoms with E-state index in [0.29, 0.717) is 25.6 Å². The first-order chi connectivity index (χ1) is 19.2. The van der Waals surface area contributed by atoms with E-state index in [1.807, 2.05) is 56.9 Å². The fourth-order valence-electron chi connectivity index (χ4n) is 5.84. The van der Waals surface area contributed by atoms with Gasteiger partial charge < -0.3 is 20.1 Å². The molecular weight excluding hydrogens is 500 g/mol. The molecule has 1 aliphatic carbocycles. The van der Waals surface area contributed by atoms with Crippen LogP contribution in [0.3, 0.4) is 0 Å². The van der Waals surface area contributed by atoms with Crippen molar-refractivity contribution in [2.24, 2.45) is 5.92 Å². The Balaban J connectivity index is 1.28. The fraction of sp³-hybridized carbons (Fsp3) is 0.364. The number of hydrogen-bond acceptors (Lipinski definition) is 4. The number of nitrogens with zero attached hydrogens (tertiary/aromatic N) is 2. The summed E-state index contributed by atoms with van der Waals surface area (Å²) in [6.07, 6.45) is 1.63. The summed E-state index contributed by atoms with van der Waals surface area (Å²) in [5.41, 5.74) is 8.19. The summed E-state index contributed by atoms with van der Waals surface area (Å²) in [5, 5.41) is 11.4. The second-order valence-electron chi connectivity index (χ2n) is 12.1. The molecule has 1 fully saturated rings. The molecule has 2 N–H and O–H groups in total. The van der Waals surface area contributed by atoms with Gasteiger partial charge in [-0.25, -0.2) is 4.79 Å². The Morgan fingerprint density at radius 1 is 1.05 bits per heavy atom. The van der Waals surface area contributed by atoms with Crippen LogP contribution in [0.25, 0.3) is 22.1 Å². The molecule has 1 aromatic heterocycles. The highest BCUT2D eigenvalue weighted by Gasteiger charge is 2.43. The van der Waals surface area contributed by atoms with Crippen molar-refractivity contribution in [1.82, 2.24) is 20.7 Å². The Morgan fingerprint density at radius 3 is 2.62 bits per heavy atom. The Kier molecular flexibility index (Phi) is 6.61. The zero-order valence-corrected chi connectivity index (χ0v) is 23.6. The smallest absolute Gasteiger partial charge is 0.318 e. The van der Waals surface area contributed by atoms with Gasteiger partial charge in [-0.2, -0.15) is 0 Å². The summed E-state index contributed by atoms with van der Waals surface area (Å²) >= 11 is 0. The van der Waals surface area contributed by atoms with Crippen LogP contribution < -0.4 is 10.6 Å². The molecule has 2 aliphatic rings. The number of hydrogen-bond donors (Lipinski definition) is 2. The monoisotopic (exact) mass is 536 g/mol. The first-order valence-electron chi connectivity index (χ1n) is 14.1. The first-order valence-corrected chi connectivity index (χ1v) is 14.1. The van der Waals surface area contributed by atoms with E-state index >= 15 is 0 Å². The lowest BCUT2D eigenvalue weighted by Crippen LogP contribution is -2.50. The average Bonchev–Trinajstić information content (AvgIpc) is 3.67. The summed E-state index contributed by atoms with van der Waals surface area (Å²) in [6, 6.07) is 20.6. The number of benzene rings is 3. The van der Waals surface area contributed by atoms with Crippen molar-refractivity contribution in [1.29, 1.82) is 0 Å². The van der Waals surface area contributed by atoms with Gasteiger partial charge in [0.05, 0.1) is 5.69 Å². The number of carbonyl (C=O) groups excluding carboxylic acids is 2. The van der Waals surface area contributed by atoms with Crippen LogP contribution in [-0.2, 0) is 24.3 Å². The second-order valence-corrected chi connectivity index (χ2v) is 12.1. The lowest BCUT2D eigenvalue weighted by molar-refractivity contribution is -0.122. The molecule has 2 atom stereocenters. The number of carbonyl (C=O) groups is 2. The predicted molar refractivity (Wildman–Crippen MR) is 156 cm³/mol. The highest BCUT2D eigenvalue weighted by molar-refractivity contribution is 5.86. The Hall–Kier alpha value is -4.13. The number of nitrogens with one attached hydrogen (secondary N) is 2. The summed E-state index contributed by atoms with van der Waals surface area (Å²) in [6.45, 7) is 9.50. The molecule has 0 radical (unpaired) electrons. The van der Waals surface area contributed by atoms with Gasteiger partial charge in [0, 0.05) is 36.5 Å². The molecule has 0 unspecified atom stereocenters. The zero-order chi connectivity index (χ0) is 28.0. The molecule has 0 spiro atoms. The van der Waals surface area contributed by atoms with Gasteiger partial charge in [0.25, 0.3) is 0 Å². The molecule has 6 rings (SSSR count).